The molecule has 3 aliphatic rings. The van der Waals surface area contributed by atoms with E-state index >= 15 is 0 Å². The van der Waals surface area contributed by atoms with Crippen molar-refractivity contribution in [3.63, 3.8) is 0 Å². The largest absolute Gasteiger partial charge is 0.452 e. The lowest BCUT2D eigenvalue weighted by atomic mass is 9.97. The highest BCUT2D eigenvalue weighted by Crippen LogP contribution is 2.30. The number of carbonyl (C=O) groups excluding carboxylic acids is 2. The molecule has 1 aromatic carbocycles. The lowest BCUT2D eigenvalue weighted by Gasteiger charge is -2.33. The van der Waals surface area contributed by atoms with Gasteiger partial charge in [-0.25, -0.2) is 0 Å². The third-order valence-corrected chi connectivity index (χ3v) is 6.58. The van der Waals surface area contributed by atoms with E-state index in [2.05, 4.69) is 9.71 Å². The Hall–Kier alpha value is -2.42. The van der Waals surface area contributed by atoms with Crippen LogP contribution in [0.2, 0.25) is 0 Å². The zero-order valence-corrected chi connectivity index (χ0v) is 16.4. The molecular formula is C19H23N3O5S. The quantitative estimate of drug-likeness (QED) is 0.751. The third kappa shape index (κ3) is 3.76. The summed E-state index contributed by atoms with van der Waals surface area (Å²) >= 11 is 0. The van der Waals surface area contributed by atoms with Crippen LogP contribution in [0.3, 0.4) is 0 Å². The summed E-state index contributed by atoms with van der Waals surface area (Å²) in [5.74, 6) is -0.752. The van der Waals surface area contributed by atoms with Crippen molar-refractivity contribution in [2.75, 3.05) is 13.1 Å². The first kappa shape index (κ1) is 18.9. The smallest absolute Gasteiger partial charge is 0.311 e. The first-order valence-corrected chi connectivity index (χ1v) is 11.0. The maximum atomic E-state index is 12.6. The number of benzene rings is 1. The van der Waals surface area contributed by atoms with E-state index in [0.29, 0.717) is 37.3 Å². The van der Waals surface area contributed by atoms with E-state index in [0.717, 1.165) is 12.8 Å². The van der Waals surface area contributed by atoms with Crippen LogP contribution in [-0.2, 0) is 24.3 Å². The predicted octanol–water partition coefficient (Wildman–Crippen LogP) is 1.06. The van der Waals surface area contributed by atoms with Crippen LogP contribution in [0.4, 0.5) is 0 Å². The highest BCUT2D eigenvalue weighted by atomic mass is 32.2. The van der Waals surface area contributed by atoms with Gasteiger partial charge in [0.15, 0.2) is 11.9 Å². The highest BCUT2D eigenvalue weighted by Gasteiger charge is 2.36. The second-order valence-corrected chi connectivity index (χ2v) is 9.11. The number of rotatable bonds is 4. The van der Waals surface area contributed by atoms with Crippen molar-refractivity contribution in [2.45, 2.75) is 49.6 Å². The van der Waals surface area contributed by atoms with Gasteiger partial charge in [0.2, 0.25) is 0 Å². The standard InChI is InChI=1S/C19H23N3O5S/c1-12(18(23)20-14-8-9-14)27-19(24)13-5-4-10-22(11-13)17-15-6-2-3-7-16(15)28(25,26)21-17/h2-3,6-7,12-14H,4-5,8-11H2,1H3,(H,20,23)/t12-,13-/m1/s1. The molecule has 1 saturated carbocycles. The number of likely N-dealkylation sites (tertiary alicyclic amines) is 1. The van der Waals surface area contributed by atoms with E-state index in [1.807, 2.05) is 4.90 Å². The molecule has 2 aliphatic heterocycles. The van der Waals surface area contributed by atoms with Gasteiger partial charge in [0, 0.05) is 24.7 Å². The number of nitrogens with one attached hydrogen (secondary N) is 1. The molecule has 0 bridgehead atoms. The lowest BCUT2D eigenvalue weighted by Crippen LogP contribution is -2.44. The molecule has 0 aromatic heterocycles. The minimum atomic E-state index is -3.70. The maximum absolute atomic E-state index is 12.6. The molecule has 8 nitrogen and oxygen atoms in total. The van der Waals surface area contributed by atoms with Gasteiger partial charge < -0.3 is 15.0 Å². The molecule has 4 rings (SSSR count). The number of carbonyl (C=O) groups is 2. The third-order valence-electron chi connectivity index (χ3n) is 5.25. The van der Waals surface area contributed by atoms with Gasteiger partial charge in [0.1, 0.15) is 4.90 Å². The van der Waals surface area contributed by atoms with E-state index in [1.54, 1.807) is 25.1 Å². The average Bonchev–Trinajstić information content (AvgIpc) is 3.45. The van der Waals surface area contributed by atoms with Crippen molar-refractivity contribution < 1.29 is 22.7 Å². The van der Waals surface area contributed by atoms with E-state index in [1.165, 1.54) is 6.07 Å². The van der Waals surface area contributed by atoms with Gasteiger partial charge in [-0.2, -0.15) is 8.42 Å². The minimum absolute atomic E-state index is 0.195. The van der Waals surface area contributed by atoms with Crippen molar-refractivity contribution in [3.05, 3.63) is 29.8 Å². The topological polar surface area (TPSA) is 105 Å². The number of esters is 1. The summed E-state index contributed by atoms with van der Waals surface area (Å²) in [7, 11) is -3.70. The molecule has 2 heterocycles. The molecule has 1 aliphatic carbocycles. The molecular weight excluding hydrogens is 382 g/mol. The molecule has 0 spiro atoms. The SMILES string of the molecule is C[C@@H](OC(=O)[C@@H]1CCCN(C2=NS(=O)(=O)c3ccccc32)C1)C(=O)NC1CC1. The molecule has 150 valence electrons. The summed E-state index contributed by atoms with van der Waals surface area (Å²) in [6, 6.07) is 6.91. The molecule has 2 atom stereocenters. The van der Waals surface area contributed by atoms with Crippen molar-refractivity contribution in [3.8, 4) is 0 Å². The molecule has 1 aromatic rings. The number of fused-ring (bicyclic) bond motifs is 1. The van der Waals surface area contributed by atoms with Crippen LogP contribution < -0.4 is 5.32 Å². The average molecular weight is 405 g/mol. The van der Waals surface area contributed by atoms with E-state index in [4.69, 9.17) is 4.74 Å². The van der Waals surface area contributed by atoms with Gasteiger partial charge in [0.25, 0.3) is 15.9 Å². The molecule has 0 unspecified atom stereocenters. The molecule has 1 saturated heterocycles. The molecule has 9 heteroatoms. The number of hydrogen-bond donors (Lipinski definition) is 1. The van der Waals surface area contributed by atoms with Gasteiger partial charge in [0.05, 0.1) is 5.92 Å². The Kier molecular flexibility index (Phi) is 4.86. The maximum Gasteiger partial charge on any atom is 0.311 e. The summed E-state index contributed by atoms with van der Waals surface area (Å²) in [5.41, 5.74) is 0.564. The Labute approximate surface area is 164 Å². The van der Waals surface area contributed by atoms with E-state index in [9.17, 15) is 18.0 Å². The number of nitrogens with zero attached hydrogens (tertiary/aromatic N) is 2. The van der Waals surface area contributed by atoms with Crippen molar-refractivity contribution in [1.82, 2.24) is 10.2 Å². The normalized spacial score (nSPS) is 24.1. The fourth-order valence-electron chi connectivity index (χ4n) is 3.55. The molecule has 0 radical (unpaired) electrons. The van der Waals surface area contributed by atoms with Gasteiger partial charge in [-0.05, 0) is 44.7 Å². The summed E-state index contributed by atoms with van der Waals surface area (Å²) in [5, 5.41) is 2.82. The Morgan fingerprint density at radius 2 is 2.00 bits per heavy atom. The number of sulfonamides is 1. The van der Waals surface area contributed by atoms with Crippen LogP contribution in [-0.4, -0.2) is 56.3 Å². The van der Waals surface area contributed by atoms with Crippen molar-refractivity contribution in [1.29, 1.82) is 0 Å². The molecule has 1 N–H and O–H groups in total. The highest BCUT2D eigenvalue weighted by molar-refractivity contribution is 7.90. The number of ether oxygens (including phenoxy) is 1. The number of piperidine rings is 1. The number of amidine groups is 1. The van der Waals surface area contributed by atoms with E-state index < -0.39 is 28.0 Å². The molecule has 2 fully saturated rings. The summed E-state index contributed by atoms with van der Waals surface area (Å²) < 4.78 is 33.9. The first-order chi connectivity index (χ1) is 13.3. The van der Waals surface area contributed by atoms with Gasteiger partial charge in [-0.3, -0.25) is 9.59 Å². The Balaban J connectivity index is 1.43. The second-order valence-electron chi connectivity index (χ2n) is 7.53. The van der Waals surface area contributed by atoms with Crippen molar-refractivity contribution >= 4 is 27.7 Å². The van der Waals surface area contributed by atoms with Crippen LogP contribution in [0.25, 0.3) is 0 Å². The Morgan fingerprint density at radius 1 is 1.25 bits per heavy atom. The molecule has 28 heavy (non-hydrogen) atoms. The van der Waals surface area contributed by atoms with Crippen molar-refractivity contribution in [2.24, 2.45) is 10.3 Å². The lowest BCUT2D eigenvalue weighted by molar-refractivity contribution is -0.160. The van der Waals surface area contributed by atoms with E-state index in [-0.39, 0.29) is 16.8 Å². The number of hydrogen-bond acceptors (Lipinski definition) is 6. The fourth-order valence-corrected chi connectivity index (χ4v) is 4.78. The number of amides is 1. The van der Waals surface area contributed by atoms with Crippen LogP contribution in [0, 0.1) is 5.92 Å². The summed E-state index contributed by atoms with van der Waals surface area (Å²) in [6.07, 6.45) is 2.44. The predicted molar refractivity (Wildman–Crippen MR) is 101 cm³/mol. The summed E-state index contributed by atoms with van der Waals surface area (Å²) in [6.45, 7) is 2.50. The van der Waals surface area contributed by atoms with Crippen LogP contribution in [0.5, 0.6) is 0 Å². The van der Waals surface area contributed by atoms with Gasteiger partial charge in [-0.15, -0.1) is 4.40 Å². The minimum Gasteiger partial charge on any atom is -0.452 e. The zero-order valence-electron chi connectivity index (χ0n) is 15.6. The van der Waals surface area contributed by atoms with Crippen LogP contribution >= 0.6 is 0 Å². The first-order valence-electron chi connectivity index (χ1n) is 9.55. The van der Waals surface area contributed by atoms with Crippen LogP contribution in [0.15, 0.2) is 33.6 Å². The Morgan fingerprint density at radius 3 is 2.75 bits per heavy atom. The van der Waals surface area contributed by atoms with Gasteiger partial charge >= 0.3 is 5.97 Å². The monoisotopic (exact) mass is 405 g/mol. The van der Waals surface area contributed by atoms with Crippen LogP contribution in [0.1, 0.15) is 38.2 Å². The Bertz CT molecular complexity index is 939. The second kappa shape index (κ2) is 7.20. The fraction of sp³-hybridized carbons (Fsp3) is 0.526. The van der Waals surface area contributed by atoms with Gasteiger partial charge in [-0.1, -0.05) is 12.1 Å². The molecule has 1 amide bonds. The summed E-state index contributed by atoms with van der Waals surface area (Å²) in [4.78, 5) is 26.6. The zero-order chi connectivity index (χ0) is 19.9.